The summed E-state index contributed by atoms with van der Waals surface area (Å²) in [4.78, 5) is 1.93. The van der Waals surface area contributed by atoms with E-state index < -0.39 is 30.0 Å². The summed E-state index contributed by atoms with van der Waals surface area (Å²) in [5.41, 5.74) is 1.50. The van der Waals surface area contributed by atoms with Gasteiger partial charge in [0.05, 0.1) is 5.56 Å². The van der Waals surface area contributed by atoms with E-state index in [4.69, 9.17) is 0 Å². The Morgan fingerprint density at radius 3 is 2.07 bits per heavy atom. The maximum absolute atomic E-state index is 12.9. The highest BCUT2D eigenvalue weighted by molar-refractivity contribution is 5.68. The van der Waals surface area contributed by atoms with Crippen molar-refractivity contribution >= 4 is 0 Å². The summed E-state index contributed by atoms with van der Waals surface area (Å²) in [6.07, 6.45) is -5.29. The molecule has 5 atom stereocenters. The van der Waals surface area contributed by atoms with E-state index in [0.717, 1.165) is 42.8 Å². The predicted octanol–water partition coefficient (Wildman–Crippen LogP) is 5.13. The summed E-state index contributed by atoms with van der Waals surface area (Å²) in [5, 5.41) is 21.8. The monoisotopic (exact) mass is 421 g/mol. The maximum atomic E-state index is 12.9. The van der Waals surface area contributed by atoms with Crippen LogP contribution >= 0.6 is 0 Å². The topological polar surface area (TPSA) is 43.7 Å². The first-order valence-corrected chi connectivity index (χ1v) is 10.4. The molecule has 30 heavy (non-hydrogen) atoms. The average molecular weight is 422 g/mol. The van der Waals surface area contributed by atoms with Crippen LogP contribution < -0.4 is 0 Å². The van der Waals surface area contributed by atoms with Crippen molar-refractivity contribution < 1.29 is 23.4 Å². The minimum atomic E-state index is -4.38. The van der Waals surface area contributed by atoms with Crippen molar-refractivity contribution in [1.29, 1.82) is 0 Å². The number of piperidine rings is 1. The smallest absolute Gasteiger partial charge is 0.388 e. The molecule has 0 saturated carbocycles. The van der Waals surface area contributed by atoms with Crippen molar-refractivity contribution in [1.82, 2.24) is 4.90 Å². The van der Waals surface area contributed by atoms with E-state index in [2.05, 4.69) is 13.8 Å². The van der Waals surface area contributed by atoms with Crippen LogP contribution in [0.3, 0.4) is 0 Å². The summed E-state index contributed by atoms with van der Waals surface area (Å²) in [6.45, 7) is 7.59. The second-order valence-electron chi connectivity index (χ2n) is 8.76. The van der Waals surface area contributed by atoms with Gasteiger partial charge in [-0.15, -0.1) is 0 Å². The van der Waals surface area contributed by atoms with Gasteiger partial charge in [-0.05, 0) is 47.1 Å². The van der Waals surface area contributed by atoms with Crippen molar-refractivity contribution in [2.75, 3.05) is 13.1 Å². The van der Waals surface area contributed by atoms with Crippen molar-refractivity contribution in [3.63, 3.8) is 0 Å². The molecule has 6 heteroatoms. The molecule has 1 heterocycles. The molecule has 3 nitrogen and oxygen atoms in total. The minimum Gasteiger partial charge on any atom is -0.388 e. The highest BCUT2D eigenvalue weighted by Crippen LogP contribution is 2.35. The lowest BCUT2D eigenvalue weighted by Gasteiger charge is -2.40. The molecule has 5 unspecified atom stereocenters. The Labute approximate surface area is 176 Å². The normalized spacial score (nSPS) is 23.7. The van der Waals surface area contributed by atoms with Gasteiger partial charge in [0.25, 0.3) is 0 Å². The summed E-state index contributed by atoms with van der Waals surface area (Å²) in [7, 11) is 0. The van der Waals surface area contributed by atoms with Crippen molar-refractivity contribution in [3.05, 3.63) is 59.7 Å². The van der Waals surface area contributed by atoms with Crippen molar-refractivity contribution in [2.45, 2.75) is 51.6 Å². The summed E-state index contributed by atoms with van der Waals surface area (Å²) in [6, 6.07) is 12.4. The third kappa shape index (κ3) is 5.05. The van der Waals surface area contributed by atoms with E-state index in [0.29, 0.717) is 17.4 Å². The van der Waals surface area contributed by atoms with Gasteiger partial charge in [0, 0.05) is 19.0 Å². The van der Waals surface area contributed by atoms with Crippen LogP contribution in [0.4, 0.5) is 13.2 Å². The molecule has 1 saturated heterocycles. The molecule has 0 aliphatic carbocycles. The second kappa shape index (κ2) is 9.08. The predicted molar refractivity (Wildman–Crippen MR) is 112 cm³/mol. The van der Waals surface area contributed by atoms with Gasteiger partial charge in [0.2, 0.25) is 0 Å². The molecule has 164 valence electrons. The first-order valence-electron chi connectivity index (χ1n) is 10.4. The molecule has 2 aromatic carbocycles. The summed E-state index contributed by atoms with van der Waals surface area (Å²) < 4.78 is 38.7. The van der Waals surface area contributed by atoms with Gasteiger partial charge in [0.1, 0.15) is 12.3 Å². The van der Waals surface area contributed by atoms with E-state index in [1.807, 2.05) is 36.1 Å². The zero-order valence-electron chi connectivity index (χ0n) is 17.6. The number of aliphatic hydroxyl groups is 2. The molecule has 1 fully saturated rings. The number of halogens is 3. The summed E-state index contributed by atoms with van der Waals surface area (Å²) >= 11 is 0. The number of nitrogens with zero attached hydrogens (tertiary/aromatic N) is 1. The lowest BCUT2D eigenvalue weighted by Crippen LogP contribution is -2.51. The van der Waals surface area contributed by atoms with Gasteiger partial charge < -0.3 is 10.2 Å². The van der Waals surface area contributed by atoms with Crippen LogP contribution in [-0.4, -0.2) is 40.5 Å². The van der Waals surface area contributed by atoms with Crippen LogP contribution in [0.5, 0.6) is 0 Å². The number of rotatable bonds is 5. The quantitative estimate of drug-likeness (QED) is 0.703. The Morgan fingerprint density at radius 1 is 0.933 bits per heavy atom. The first-order chi connectivity index (χ1) is 14.1. The lowest BCUT2D eigenvalue weighted by atomic mass is 9.86. The van der Waals surface area contributed by atoms with Crippen molar-refractivity contribution in [3.8, 4) is 11.1 Å². The Hall–Kier alpha value is -1.89. The Morgan fingerprint density at radius 2 is 1.50 bits per heavy atom. The molecule has 0 spiro atoms. The van der Waals surface area contributed by atoms with Crippen LogP contribution in [0.2, 0.25) is 0 Å². The van der Waals surface area contributed by atoms with E-state index in [1.54, 1.807) is 0 Å². The zero-order valence-corrected chi connectivity index (χ0v) is 17.6. The molecule has 0 radical (unpaired) electrons. The molecule has 0 aromatic heterocycles. The lowest BCUT2D eigenvalue weighted by molar-refractivity contribution is -0.137. The Kier molecular flexibility index (Phi) is 6.90. The second-order valence-corrected chi connectivity index (χ2v) is 8.76. The fourth-order valence-electron chi connectivity index (χ4n) is 4.58. The molecule has 0 amide bonds. The van der Waals surface area contributed by atoms with E-state index >= 15 is 0 Å². The van der Waals surface area contributed by atoms with E-state index in [9.17, 15) is 23.4 Å². The number of benzene rings is 2. The van der Waals surface area contributed by atoms with Gasteiger partial charge >= 0.3 is 6.18 Å². The molecule has 1 aliphatic heterocycles. The highest BCUT2D eigenvalue weighted by atomic mass is 19.4. The Bertz CT molecular complexity index is 827. The molecule has 2 aromatic rings. The third-order valence-corrected chi connectivity index (χ3v) is 6.06. The fraction of sp³-hybridized carbons (Fsp3) is 0.500. The zero-order chi connectivity index (χ0) is 22.1. The molecule has 1 aliphatic rings. The highest BCUT2D eigenvalue weighted by Gasteiger charge is 2.34. The average Bonchev–Trinajstić information content (AvgIpc) is 2.71. The van der Waals surface area contributed by atoms with Crippen molar-refractivity contribution in [2.24, 2.45) is 11.8 Å². The molecule has 2 N–H and O–H groups in total. The van der Waals surface area contributed by atoms with Gasteiger partial charge in [-0.1, -0.05) is 57.2 Å². The first kappa shape index (κ1) is 22.8. The fourth-order valence-corrected chi connectivity index (χ4v) is 4.58. The molecular formula is C24H30F3NO2. The maximum Gasteiger partial charge on any atom is 0.416 e. The minimum absolute atomic E-state index is 0.397. The standard InChI is InChI=1S/C24H30F3NO2/c1-15-12-16(2)14-28(13-15)23(30)22(29)17(3)20-6-4-5-7-21(20)18-8-10-19(11-9-18)24(25,26)27/h4-11,15-17,22-23,29-30H,12-14H2,1-3H3. The van der Waals surface area contributed by atoms with E-state index in [-0.39, 0.29) is 0 Å². The van der Waals surface area contributed by atoms with Crippen LogP contribution in [0.1, 0.15) is 44.2 Å². The third-order valence-electron chi connectivity index (χ3n) is 6.06. The van der Waals surface area contributed by atoms with Gasteiger partial charge in [-0.3, -0.25) is 4.90 Å². The van der Waals surface area contributed by atoms with Gasteiger partial charge in [-0.2, -0.15) is 13.2 Å². The SMILES string of the molecule is CC1CC(C)CN(C(O)C(O)C(C)c2ccccc2-c2ccc(C(F)(F)F)cc2)C1. The number of likely N-dealkylation sites (tertiary alicyclic amines) is 1. The number of hydrogen-bond donors (Lipinski definition) is 2. The largest absolute Gasteiger partial charge is 0.416 e. The molecule has 3 rings (SSSR count). The Balaban J connectivity index is 1.84. The van der Waals surface area contributed by atoms with E-state index in [1.165, 1.54) is 12.1 Å². The van der Waals surface area contributed by atoms with Crippen LogP contribution in [-0.2, 0) is 6.18 Å². The van der Waals surface area contributed by atoms with Crippen LogP contribution in [0.25, 0.3) is 11.1 Å². The van der Waals surface area contributed by atoms with Gasteiger partial charge in [0.15, 0.2) is 0 Å². The van der Waals surface area contributed by atoms with Gasteiger partial charge in [-0.25, -0.2) is 0 Å². The molecular weight excluding hydrogens is 391 g/mol. The molecule has 0 bridgehead atoms. The van der Waals surface area contributed by atoms with Crippen LogP contribution in [0.15, 0.2) is 48.5 Å². The number of aliphatic hydroxyl groups excluding tert-OH is 2. The number of alkyl halides is 3. The summed E-state index contributed by atoms with van der Waals surface area (Å²) in [5.74, 6) is 0.502. The number of hydrogen-bond acceptors (Lipinski definition) is 3. The van der Waals surface area contributed by atoms with Crippen LogP contribution in [0, 0.1) is 11.8 Å².